The van der Waals surface area contributed by atoms with Crippen LogP contribution in [0.25, 0.3) is 0 Å². The van der Waals surface area contributed by atoms with Gasteiger partial charge in [0.25, 0.3) is 0 Å². The summed E-state index contributed by atoms with van der Waals surface area (Å²) in [5.41, 5.74) is 4.39. The number of hydrogen-bond donors (Lipinski definition) is 3. The topological polar surface area (TPSA) is 109 Å². The summed E-state index contributed by atoms with van der Waals surface area (Å²) in [5, 5.41) is 11.8. The molecule has 3 atom stereocenters. The Morgan fingerprint density at radius 3 is 2.26 bits per heavy atom. The first-order chi connectivity index (χ1) is 8.65. The molecule has 0 aromatic heterocycles. The molecule has 108 valence electrons. The number of carbonyl (C=O) groups excluding carboxylic acids is 2. The van der Waals surface area contributed by atoms with Crippen molar-refractivity contribution in [1.29, 1.82) is 0 Å². The zero-order chi connectivity index (χ0) is 14.8. The Hall–Kier alpha value is -1.59. The lowest BCUT2D eigenvalue weighted by Crippen LogP contribution is -2.45. The lowest BCUT2D eigenvalue weighted by Gasteiger charge is -2.23. The average molecular weight is 270 g/mol. The van der Waals surface area contributed by atoms with Crippen molar-refractivity contribution >= 4 is 17.8 Å². The fraction of sp³-hybridized carbons (Fsp3) is 0.769. The molecule has 0 bridgehead atoms. The number of nitrogens with one attached hydrogen (secondary N) is 1. The van der Waals surface area contributed by atoms with Gasteiger partial charge in [-0.3, -0.25) is 14.4 Å². The van der Waals surface area contributed by atoms with E-state index in [0.29, 0.717) is 12.8 Å². The Balaban J connectivity index is 2.63. The van der Waals surface area contributed by atoms with Crippen molar-refractivity contribution in [2.75, 3.05) is 6.54 Å². The highest BCUT2D eigenvalue weighted by atomic mass is 16.4. The first-order valence-corrected chi connectivity index (χ1v) is 6.45. The summed E-state index contributed by atoms with van der Waals surface area (Å²) < 4.78 is 0. The summed E-state index contributed by atoms with van der Waals surface area (Å²) in [5.74, 6) is -2.66. The molecular formula is C13H22N2O4. The fourth-order valence-corrected chi connectivity index (χ4v) is 2.38. The quantitative estimate of drug-likeness (QED) is 0.670. The number of nitrogens with two attached hydrogens (primary N) is 1. The number of primary amides is 1. The van der Waals surface area contributed by atoms with Crippen LogP contribution in [0.15, 0.2) is 0 Å². The molecule has 0 aliphatic heterocycles. The monoisotopic (exact) mass is 270 g/mol. The number of carboxylic acids is 1. The van der Waals surface area contributed by atoms with Crippen molar-refractivity contribution < 1.29 is 19.5 Å². The van der Waals surface area contributed by atoms with Gasteiger partial charge in [-0.25, -0.2) is 0 Å². The van der Waals surface area contributed by atoms with Crippen LogP contribution >= 0.6 is 0 Å². The smallest absolute Gasteiger partial charge is 0.307 e. The average Bonchev–Trinajstić information content (AvgIpc) is 2.68. The van der Waals surface area contributed by atoms with Crippen molar-refractivity contribution in [2.45, 2.75) is 33.6 Å². The number of aliphatic carboxylic acids is 1. The molecule has 4 N–H and O–H groups in total. The van der Waals surface area contributed by atoms with Gasteiger partial charge in [-0.2, -0.15) is 0 Å². The fourth-order valence-electron chi connectivity index (χ4n) is 2.38. The Kier molecular flexibility index (Phi) is 4.55. The van der Waals surface area contributed by atoms with E-state index in [9.17, 15) is 14.4 Å². The summed E-state index contributed by atoms with van der Waals surface area (Å²) in [6.07, 6.45) is 1.09. The van der Waals surface area contributed by atoms with Crippen molar-refractivity contribution in [2.24, 2.45) is 28.9 Å². The highest BCUT2D eigenvalue weighted by Gasteiger charge is 2.41. The molecular weight excluding hydrogens is 248 g/mol. The van der Waals surface area contributed by atoms with Gasteiger partial charge in [0, 0.05) is 6.54 Å². The lowest BCUT2D eigenvalue weighted by molar-refractivity contribution is -0.146. The maximum atomic E-state index is 12.0. The summed E-state index contributed by atoms with van der Waals surface area (Å²) in [6, 6.07) is 0. The molecule has 19 heavy (non-hydrogen) atoms. The maximum absolute atomic E-state index is 12.0. The second-order valence-corrected chi connectivity index (χ2v) is 6.09. The van der Waals surface area contributed by atoms with Gasteiger partial charge in [0.05, 0.1) is 17.3 Å². The van der Waals surface area contributed by atoms with Crippen LogP contribution in [-0.4, -0.2) is 29.4 Å². The molecule has 1 rings (SSSR count). The molecule has 2 amide bonds. The van der Waals surface area contributed by atoms with E-state index in [0.717, 1.165) is 0 Å². The zero-order valence-electron chi connectivity index (χ0n) is 11.6. The Morgan fingerprint density at radius 1 is 1.26 bits per heavy atom. The third-order valence-electron chi connectivity index (χ3n) is 3.82. The summed E-state index contributed by atoms with van der Waals surface area (Å²) in [6.45, 7) is 5.35. The van der Waals surface area contributed by atoms with Gasteiger partial charge >= 0.3 is 5.97 Å². The van der Waals surface area contributed by atoms with Crippen LogP contribution in [-0.2, 0) is 14.4 Å². The molecule has 0 spiro atoms. The van der Waals surface area contributed by atoms with Crippen LogP contribution < -0.4 is 11.1 Å². The number of hydrogen-bond acceptors (Lipinski definition) is 3. The molecule has 0 aromatic carbocycles. The summed E-state index contributed by atoms with van der Waals surface area (Å²) in [4.78, 5) is 34.3. The minimum absolute atomic E-state index is 0.123. The number of carbonyl (C=O) groups is 3. The number of carboxylic acid groups (broad SMARTS) is 1. The zero-order valence-corrected chi connectivity index (χ0v) is 11.6. The van der Waals surface area contributed by atoms with Crippen LogP contribution in [0.1, 0.15) is 33.6 Å². The van der Waals surface area contributed by atoms with E-state index in [4.69, 9.17) is 10.8 Å². The molecule has 0 heterocycles. The predicted molar refractivity (Wildman–Crippen MR) is 69.0 cm³/mol. The van der Waals surface area contributed by atoms with Crippen molar-refractivity contribution in [1.82, 2.24) is 5.32 Å². The minimum atomic E-state index is -0.932. The molecule has 6 nitrogen and oxygen atoms in total. The normalized spacial score (nSPS) is 27.0. The lowest BCUT2D eigenvalue weighted by atomic mass is 9.91. The molecule has 1 saturated carbocycles. The molecule has 3 unspecified atom stereocenters. The third kappa shape index (κ3) is 3.68. The molecule has 1 aliphatic carbocycles. The first-order valence-electron chi connectivity index (χ1n) is 6.45. The molecule has 0 aromatic rings. The van der Waals surface area contributed by atoms with Crippen LogP contribution in [0, 0.1) is 23.2 Å². The van der Waals surface area contributed by atoms with Crippen LogP contribution in [0.5, 0.6) is 0 Å². The van der Waals surface area contributed by atoms with Crippen LogP contribution in [0.4, 0.5) is 0 Å². The third-order valence-corrected chi connectivity index (χ3v) is 3.82. The number of amides is 2. The maximum Gasteiger partial charge on any atom is 0.307 e. The van der Waals surface area contributed by atoms with E-state index in [2.05, 4.69) is 5.32 Å². The Morgan fingerprint density at radius 2 is 1.79 bits per heavy atom. The second-order valence-electron chi connectivity index (χ2n) is 6.09. The van der Waals surface area contributed by atoms with E-state index in [-0.39, 0.29) is 18.4 Å². The predicted octanol–water partition coefficient (Wildman–Crippen LogP) is 0.361. The van der Waals surface area contributed by atoms with Gasteiger partial charge in [0.1, 0.15) is 0 Å². The Bertz CT molecular complexity index is 392. The Labute approximate surface area is 112 Å². The van der Waals surface area contributed by atoms with E-state index in [1.54, 1.807) is 13.8 Å². The van der Waals surface area contributed by atoms with E-state index in [1.807, 2.05) is 6.92 Å². The SMILES string of the molecule is CC1CC(C(=O)O)C(C(=O)NCC(C)(C)C(N)=O)C1. The largest absolute Gasteiger partial charge is 0.481 e. The van der Waals surface area contributed by atoms with E-state index >= 15 is 0 Å². The van der Waals surface area contributed by atoms with Gasteiger partial charge in [0.2, 0.25) is 11.8 Å². The van der Waals surface area contributed by atoms with Crippen molar-refractivity contribution in [3.05, 3.63) is 0 Å². The van der Waals surface area contributed by atoms with Gasteiger partial charge in [-0.1, -0.05) is 6.92 Å². The van der Waals surface area contributed by atoms with E-state index in [1.165, 1.54) is 0 Å². The molecule has 1 aliphatic rings. The van der Waals surface area contributed by atoms with E-state index < -0.39 is 29.1 Å². The van der Waals surface area contributed by atoms with Crippen LogP contribution in [0.2, 0.25) is 0 Å². The second kappa shape index (κ2) is 5.59. The molecule has 6 heteroatoms. The summed E-state index contributed by atoms with van der Waals surface area (Å²) >= 11 is 0. The molecule has 0 saturated heterocycles. The molecule has 1 fully saturated rings. The minimum Gasteiger partial charge on any atom is -0.481 e. The van der Waals surface area contributed by atoms with Crippen molar-refractivity contribution in [3.63, 3.8) is 0 Å². The molecule has 0 radical (unpaired) electrons. The van der Waals surface area contributed by atoms with Gasteiger partial charge < -0.3 is 16.2 Å². The highest BCUT2D eigenvalue weighted by Crippen LogP contribution is 2.36. The standard InChI is InChI=1S/C13H22N2O4/c1-7-4-8(9(5-7)11(17)18)10(16)15-6-13(2,3)12(14)19/h7-9H,4-6H2,1-3H3,(H2,14,19)(H,15,16)(H,17,18). The summed E-state index contributed by atoms with van der Waals surface area (Å²) in [7, 11) is 0. The highest BCUT2D eigenvalue weighted by molar-refractivity contribution is 5.86. The van der Waals surface area contributed by atoms with Gasteiger partial charge in [-0.05, 0) is 32.6 Å². The van der Waals surface area contributed by atoms with Crippen LogP contribution in [0.3, 0.4) is 0 Å². The first kappa shape index (κ1) is 15.5. The van der Waals surface area contributed by atoms with Gasteiger partial charge in [-0.15, -0.1) is 0 Å². The number of rotatable bonds is 5. The van der Waals surface area contributed by atoms with Gasteiger partial charge in [0.15, 0.2) is 0 Å². The van der Waals surface area contributed by atoms with Crippen molar-refractivity contribution in [3.8, 4) is 0 Å².